The van der Waals surface area contributed by atoms with Crippen LogP contribution in [0.3, 0.4) is 0 Å². The van der Waals surface area contributed by atoms with E-state index >= 15 is 0 Å². The number of rotatable bonds is 7. The standard InChI is InChI=1S/C22H21ClN2O5S/c1-13-10-16(23)5-7-18(13)29-14(2)21-24-25-22(30-21)31-12-17(26)15-4-6-19-20(11-15)28-9-3-8-27-19/h4-7,10-11,14H,3,8-9,12H2,1-2H3. The minimum absolute atomic E-state index is 0.0681. The maximum atomic E-state index is 12.6. The van der Waals surface area contributed by atoms with E-state index in [1.54, 1.807) is 30.3 Å². The number of carbonyl (C=O) groups is 1. The Labute approximate surface area is 189 Å². The molecular formula is C22H21ClN2O5S. The second kappa shape index (κ2) is 9.62. The second-order valence-corrected chi connectivity index (χ2v) is 8.36. The molecule has 0 N–H and O–H groups in total. The Bertz CT molecular complexity index is 1090. The van der Waals surface area contributed by atoms with Crippen molar-refractivity contribution in [2.75, 3.05) is 19.0 Å². The average molecular weight is 461 g/mol. The van der Waals surface area contributed by atoms with E-state index in [0.29, 0.717) is 52.2 Å². The number of Topliss-reactive ketones (excluding diaryl/α,β-unsaturated/α-hetero) is 1. The zero-order valence-corrected chi connectivity index (χ0v) is 18.7. The molecule has 0 bridgehead atoms. The lowest BCUT2D eigenvalue weighted by atomic mass is 10.1. The fourth-order valence-electron chi connectivity index (χ4n) is 2.98. The van der Waals surface area contributed by atoms with Gasteiger partial charge in [-0.25, -0.2) is 0 Å². The third-order valence-electron chi connectivity index (χ3n) is 4.61. The Morgan fingerprint density at radius 1 is 1.16 bits per heavy atom. The van der Waals surface area contributed by atoms with Crippen LogP contribution < -0.4 is 14.2 Å². The summed E-state index contributed by atoms with van der Waals surface area (Å²) in [5.74, 6) is 2.37. The van der Waals surface area contributed by atoms with Gasteiger partial charge in [0.1, 0.15) is 5.75 Å². The first-order chi connectivity index (χ1) is 15.0. The van der Waals surface area contributed by atoms with Gasteiger partial charge < -0.3 is 18.6 Å². The molecule has 7 nitrogen and oxygen atoms in total. The molecule has 4 rings (SSSR count). The molecule has 9 heteroatoms. The highest BCUT2D eigenvalue weighted by Crippen LogP contribution is 2.32. The second-order valence-electron chi connectivity index (χ2n) is 7.00. The molecule has 0 spiro atoms. The molecule has 1 aromatic heterocycles. The summed E-state index contributed by atoms with van der Waals surface area (Å²) in [4.78, 5) is 12.6. The van der Waals surface area contributed by atoms with Crippen LogP contribution in [0, 0.1) is 6.92 Å². The van der Waals surface area contributed by atoms with Crippen LogP contribution in [-0.2, 0) is 0 Å². The predicted octanol–water partition coefficient (Wildman–Crippen LogP) is 5.31. The van der Waals surface area contributed by atoms with Gasteiger partial charge in [-0.2, -0.15) is 0 Å². The van der Waals surface area contributed by atoms with Crippen LogP contribution in [0.1, 0.15) is 41.3 Å². The first-order valence-corrected chi connectivity index (χ1v) is 11.2. The topological polar surface area (TPSA) is 83.7 Å². The molecule has 0 amide bonds. The fraction of sp³-hybridized carbons (Fsp3) is 0.318. The van der Waals surface area contributed by atoms with Gasteiger partial charge in [-0.3, -0.25) is 4.79 Å². The number of nitrogens with zero attached hydrogens (tertiary/aromatic N) is 2. The molecule has 0 saturated heterocycles. The van der Waals surface area contributed by atoms with Crippen molar-refractivity contribution in [3.05, 3.63) is 58.4 Å². The Kier molecular flexibility index (Phi) is 6.67. The van der Waals surface area contributed by atoms with Crippen molar-refractivity contribution in [2.24, 2.45) is 0 Å². The van der Waals surface area contributed by atoms with Gasteiger partial charge in [0.05, 0.1) is 19.0 Å². The zero-order chi connectivity index (χ0) is 21.8. The Morgan fingerprint density at radius 2 is 1.97 bits per heavy atom. The molecule has 2 aromatic carbocycles. The first kappa shape index (κ1) is 21.5. The number of hydrogen-bond donors (Lipinski definition) is 0. The smallest absolute Gasteiger partial charge is 0.277 e. The van der Waals surface area contributed by atoms with Gasteiger partial charge in [0.25, 0.3) is 11.1 Å². The summed E-state index contributed by atoms with van der Waals surface area (Å²) in [6.07, 6.45) is 0.367. The van der Waals surface area contributed by atoms with E-state index in [4.69, 9.17) is 30.2 Å². The monoisotopic (exact) mass is 460 g/mol. The lowest BCUT2D eigenvalue weighted by Gasteiger charge is -2.13. The summed E-state index contributed by atoms with van der Waals surface area (Å²) in [7, 11) is 0. The van der Waals surface area contributed by atoms with Gasteiger partial charge in [-0.05, 0) is 55.8 Å². The van der Waals surface area contributed by atoms with E-state index in [-0.39, 0.29) is 11.5 Å². The molecule has 1 atom stereocenters. The number of aromatic nitrogens is 2. The molecule has 162 valence electrons. The highest BCUT2D eigenvalue weighted by Gasteiger charge is 2.19. The molecule has 0 fully saturated rings. The van der Waals surface area contributed by atoms with Gasteiger partial charge >= 0.3 is 0 Å². The Morgan fingerprint density at radius 3 is 2.77 bits per heavy atom. The van der Waals surface area contributed by atoms with E-state index < -0.39 is 6.10 Å². The fourth-order valence-corrected chi connectivity index (χ4v) is 3.87. The van der Waals surface area contributed by atoms with Crippen molar-refractivity contribution >= 4 is 29.1 Å². The lowest BCUT2D eigenvalue weighted by molar-refractivity contribution is 0.102. The van der Waals surface area contributed by atoms with Crippen LogP contribution >= 0.6 is 23.4 Å². The van der Waals surface area contributed by atoms with Gasteiger partial charge in [0.15, 0.2) is 23.4 Å². The molecule has 2 heterocycles. The normalized spacial score (nSPS) is 14.0. The molecule has 0 saturated carbocycles. The third kappa shape index (κ3) is 5.32. The van der Waals surface area contributed by atoms with Crippen molar-refractivity contribution < 1.29 is 23.4 Å². The van der Waals surface area contributed by atoms with E-state index in [2.05, 4.69) is 10.2 Å². The number of aryl methyl sites for hydroxylation is 1. The highest BCUT2D eigenvalue weighted by molar-refractivity contribution is 7.99. The van der Waals surface area contributed by atoms with Crippen LogP contribution in [0.5, 0.6) is 17.2 Å². The Balaban J connectivity index is 1.35. The number of fused-ring (bicyclic) bond motifs is 1. The number of ether oxygens (including phenoxy) is 3. The lowest BCUT2D eigenvalue weighted by Crippen LogP contribution is -2.04. The predicted molar refractivity (Wildman–Crippen MR) is 117 cm³/mol. The van der Waals surface area contributed by atoms with Crippen LogP contribution in [0.4, 0.5) is 0 Å². The molecular weight excluding hydrogens is 440 g/mol. The van der Waals surface area contributed by atoms with Crippen molar-refractivity contribution in [2.45, 2.75) is 31.6 Å². The average Bonchev–Trinajstić information content (AvgIpc) is 3.11. The van der Waals surface area contributed by atoms with Crippen molar-refractivity contribution in [3.63, 3.8) is 0 Å². The van der Waals surface area contributed by atoms with Crippen LogP contribution in [0.2, 0.25) is 5.02 Å². The number of thioether (sulfide) groups is 1. The zero-order valence-electron chi connectivity index (χ0n) is 17.1. The van der Waals surface area contributed by atoms with Crippen molar-refractivity contribution in [1.29, 1.82) is 0 Å². The maximum absolute atomic E-state index is 12.6. The van der Waals surface area contributed by atoms with Crippen LogP contribution in [0.15, 0.2) is 46.0 Å². The SMILES string of the molecule is Cc1cc(Cl)ccc1OC(C)c1nnc(SCC(=O)c2ccc3c(c2)OCCCO3)o1. The number of ketones is 1. The number of hydrogen-bond acceptors (Lipinski definition) is 8. The Hall–Kier alpha value is -2.71. The third-order valence-corrected chi connectivity index (χ3v) is 5.66. The quantitative estimate of drug-likeness (QED) is 0.346. The first-order valence-electron chi connectivity index (χ1n) is 9.81. The van der Waals surface area contributed by atoms with Gasteiger partial charge in [0.2, 0.25) is 0 Å². The molecule has 1 unspecified atom stereocenters. The summed E-state index contributed by atoms with van der Waals surface area (Å²) < 4.78 is 22.8. The summed E-state index contributed by atoms with van der Waals surface area (Å²) in [5, 5.41) is 9.01. The van der Waals surface area contributed by atoms with E-state index in [9.17, 15) is 4.79 Å². The molecule has 31 heavy (non-hydrogen) atoms. The van der Waals surface area contributed by atoms with Gasteiger partial charge in [0, 0.05) is 17.0 Å². The summed E-state index contributed by atoms with van der Waals surface area (Å²) in [5.41, 5.74) is 1.46. The molecule has 0 radical (unpaired) electrons. The number of carbonyl (C=O) groups excluding carboxylic acids is 1. The van der Waals surface area contributed by atoms with Crippen LogP contribution in [0.25, 0.3) is 0 Å². The molecule has 3 aromatic rings. The van der Waals surface area contributed by atoms with Crippen LogP contribution in [-0.4, -0.2) is 34.9 Å². The van der Waals surface area contributed by atoms with Crippen molar-refractivity contribution in [1.82, 2.24) is 10.2 Å². The molecule has 1 aliphatic rings. The van der Waals surface area contributed by atoms with E-state index in [1.165, 1.54) is 11.8 Å². The van der Waals surface area contributed by atoms with Crippen molar-refractivity contribution in [3.8, 4) is 17.2 Å². The maximum Gasteiger partial charge on any atom is 0.277 e. The minimum Gasteiger partial charge on any atom is -0.490 e. The van der Waals surface area contributed by atoms with E-state index in [0.717, 1.165) is 12.0 Å². The molecule has 1 aliphatic heterocycles. The minimum atomic E-state index is -0.445. The number of halogens is 1. The summed E-state index contributed by atoms with van der Waals surface area (Å²) in [6.45, 7) is 4.91. The highest BCUT2D eigenvalue weighted by atomic mass is 35.5. The van der Waals surface area contributed by atoms with E-state index in [1.807, 2.05) is 19.9 Å². The van der Waals surface area contributed by atoms with Gasteiger partial charge in [-0.1, -0.05) is 23.4 Å². The van der Waals surface area contributed by atoms with Gasteiger partial charge in [-0.15, -0.1) is 10.2 Å². The summed E-state index contributed by atoms with van der Waals surface area (Å²) >= 11 is 7.16. The summed E-state index contributed by atoms with van der Waals surface area (Å²) in [6, 6.07) is 10.6. The largest absolute Gasteiger partial charge is 0.490 e. The molecule has 0 aliphatic carbocycles. The number of benzene rings is 2.